The lowest BCUT2D eigenvalue weighted by atomic mass is 9.81. The summed E-state index contributed by atoms with van der Waals surface area (Å²) in [6.07, 6.45) is 0. The van der Waals surface area contributed by atoms with E-state index in [1.54, 1.807) is 0 Å². The molecule has 0 saturated carbocycles. The molecule has 11 aromatic carbocycles. The van der Waals surface area contributed by atoms with E-state index in [0.29, 0.717) is 0 Å². The molecule has 0 atom stereocenters. The van der Waals surface area contributed by atoms with Gasteiger partial charge in [0.15, 0.2) is 0 Å². The normalized spacial score (nSPS) is 11.4. The molecular formula is C58H39N. The molecule has 11 aromatic rings. The van der Waals surface area contributed by atoms with Crippen LogP contribution in [0.5, 0.6) is 0 Å². The Labute approximate surface area is 344 Å². The summed E-state index contributed by atoms with van der Waals surface area (Å²) in [7, 11) is 0. The summed E-state index contributed by atoms with van der Waals surface area (Å²) in [5.41, 5.74) is 13.0. The van der Waals surface area contributed by atoms with Crippen LogP contribution >= 0.6 is 0 Å². The molecule has 0 unspecified atom stereocenters. The van der Waals surface area contributed by atoms with Crippen molar-refractivity contribution in [1.29, 1.82) is 0 Å². The number of rotatable bonds is 7. The highest BCUT2D eigenvalue weighted by atomic mass is 15.1. The highest BCUT2D eigenvalue weighted by Gasteiger charge is 2.22. The van der Waals surface area contributed by atoms with Crippen LogP contribution in [-0.4, -0.2) is 0 Å². The Balaban J connectivity index is 1.22. The molecule has 0 radical (unpaired) electrons. The SMILES string of the molecule is c1ccc(-c2cc(-c3ccc(N(c4ccccc4)c4ccccc4)cc3)c3c4ccc(-c5ccc6ccccc6c5)cc4c4ccccc4c3c2-c2ccccc2)cc1. The minimum absolute atomic E-state index is 1.11. The predicted molar refractivity (Wildman–Crippen MR) is 253 cm³/mol. The lowest BCUT2D eigenvalue weighted by Crippen LogP contribution is -2.09. The average molecular weight is 750 g/mol. The molecule has 0 aromatic heterocycles. The van der Waals surface area contributed by atoms with Crippen LogP contribution in [0.3, 0.4) is 0 Å². The molecule has 0 N–H and O–H groups in total. The molecule has 0 aliphatic heterocycles. The van der Waals surface area contributed by atoms with E-state index in [4.69, 9.17) is 0 Å². The molecule has 0 aliphatic rings. The number of benzene rings is 11. The summed E-state index contributed by atoms with van der Waals surface area (Å²) in [6, 6.07) is 86.3. The van der Waals surface area contributed by atoms with Gasteiger partial charge in [0.1, 0.15) is 0 Å². The smallest absolute Gasteiger partial charge is 0.0462 e. The second-order valence-electron chi connectivity index (χ2n) is 15.2. The quantitative estimate of drug-likeness (QED) is 0.147. The molecule has 0 bridgehead atoms. The number of para-hydroxylation sites is 2. The largest absolute Gasteiger partial charge is 0.311 e. The van der Waals surface area contributed by atoms with Crippen molar-refractivity contribution in [1.82, 2.24) is 0 Å². The number of nitrogens with zero attached hydrogens (tertiary/aromatic N) is 1. The molecule has 0 amide bonds. The minimum atomic E-state index is 1.11. The molecule has 0 heterocycles. The van der Waals surface area contributed by atoms with E-state index in [9.17, 15) is 0 Å². The first-order valence-corrected chi connectivity index (χ1v) is 20.3. The third kappa shape index (κ3) is 6.12. The zero-order valence-electron chi connectivity index (χ0n) is 32.5. The summed E-state index contributed by atoms with van der Waals surface area (Å²) >= 11 is 0. The van der Waals surface area contributed by atoms with Crippen molar-refractivity contribution in [3.8, 4) is 44.5 Å². The van der Waals surface area contributed by atoms with Gasteiger partial charge in [-0.15, -0.1) is 0 Å². The lowest BCUT2D eigenvalue weighted by molar-refractivity contribution is 1.28. The van der Waals surface area contributed by atoms with Crippen LogP contribution < -0.4 is 4.90 Å². The van der Waals surface area contributed by atoms with Crippen LogP contribution in [0.15, 0.2) is 237 Å². The van der Waals surface area contributed by atoms with Crippen LogP contribution in [0, 0.1) is 0 Å². The Morgan fingerprint density at radius 1 is 0.237 bits per heavy atom. The van der Waals surface area contributed by atoms with Crippen molar-refractivity contribution in [2.75, 3.05) is 4.90 Å². The van der Waals surface area contributed by atoms with E-state index >= 15 is 0 Å². The van der Waals surface area contributed by atoms with Gasteiger partial charge in [-0.3, -0.25) is 0 Å². The Kier molecular flexibility index (Phi) is 8.56. The summed E-state index contributed by atoms with van der Waals surface area (Å²) in [4.78, 5) is 2.33. The fraction of sp³-hybridized carbons (Fsp3) is 0. The van der Waals surface area contributed by atoms with Crippen molar-refractivity contribution in [3.63, 3.8) is 0 Å². The van der Waals surface area contributed by atoms with Crippen molar-refractivity contribution >= 4 is 60.2 Å². The van der Waals surface area contributed by atoms with Crippen LogP contribution in [0.2, 0.25) is 0 Å². The van der Waals surface area contributed by atoms with Gasteiger partial charge in [-0.05, 0) is 142 Å². The van der Waals surface area contributed by atoms with Gasteiger partial charge in [0.2, 0.25) is 0 Å². The number of hydrogen-bond donors (Lipinski definition) is 0. The monoisotopic (exact) mass is 749 g/mol. The molecule has 0 aliphatic carbocycles. The van der Waals surface area contributed by atoms with Gasteiger partial charge in [0.05, 0.1) is 0 Å². The van der Waals surface area contributed by atoms with Gasteiger partial charge in [-0.25, -0.2) is 0 Å². The number of hydrogen-bond acceptors (Lipinski definition) is 1. The van der Waals surface area contributed by atoms with Crippen molar-refractivity contribution in [2.24, 2.45) is 0 Å². The third-order valence-electron chi connectivity index (χ3n) is 11.8. The van der Waals surface area contributed by atoms with Gasteiger partial charge in [0.25, 0.3) is 0 Å². The van der Waals surface area contributed by atoms with E-state index in [2.05, 4.69) is 241 Å². The maximum absolute atomic E-state index is 2.45. The fourth-order valence-electron chi connectivity index (χ4n) is 9.07. The Bertz CT molecular complexity index is 3240. The van der Waals surface area contributed by atoms with Crippen molar-refractivity contribution in [3.05, 3.63) is 237 Å². The summed E-state index contributed by atoms with van der Waals surface area (Å²) in [6.45, 7) is 0. The lowest BCUT2D eigenvalue weighted by Gasteiger charge is -2.26. The van der Waals surface area contributed by atoms with E-state index in [-0.39, 0.29) is 0 Å². The first-order valence-electron chi connectivity index (χ1n) is 20.3. The summed E-state index contributed by atoms with van der Waals surface area (Å²) < 4.78 is 0. The predicted octanol–water partition coefficient (Wildman–Crippen LogP) is 16.4. The summed E-state index contributed by atoms with van der Waals surface area (Å²) in [5.74, 6) is 0. The average Bonchev–Trinajstić information content (AvgIpc) is 3.32. The molecule has 0 spiro atoms. The molecule has 11 rings (SSSR count). The van der Waals surface area contributed by atoms with Crippen LogP contribution in [0.25, 0.3) is 87.6 Å². The fourth-order valence-corrected chi connectivity index (χ4v) is 9.07. The van der Waals surface area contributed by atoms with E-state index in [0.717, 1.165) is 17.1 Å². The second-order valence-corrected chi connectivity index (χ2v) is 15.2. The highest BCUT2D eigenvalue weighted by Crippen LogP contribution is 2.50. The Morgan fingerprint density at radius 3 is 1.39 bits per heavy atom. The molecular weight excluding hydrogens is 711 g/mol. The molecule has 0 fully saturated rings. The maximum atomic E-state index is 2.45. The highest BCUT2D eigenvalue weighted by molar-refractivity contribution is 6.33. The van der Waals surface area contributed by atoms with E-state index in [1.165, 1.54) is 87.6 Å². The molecule has 59 heavy (non-hydrogen) atoms. The maximum Gasteiger partial charge on any atom is 0.0462 e. The van der Waals surface area contributed by atoms with E-state index < -0.39 is 0 Å². The molecule has 1 nitrogen and oxygen atoms in total. The first-order chi connectivity index (χ1) is 29.3. The first kappa shape index (κ1) is 34.5. The van der Waals surface area contributed by atoms with Crippen molar-refractivity contribution < 1.29 is 0 Å². The standard InChI is InChI=1S/C58H39N/c1-5-18-41(19-6-1)53-39-54(42-31-34-49(35-32-42)59(47-23-9-3-10-24-47)48-25-11-4-12-26-48)57-52-36-33-46(45-30-29-40-17-13-14-22-44(40)37-45)38-55(52)50-27-15-16-28-51(50)58(57)56(53)43-20-7-2-8-21-43/h1-39H. The van der Waals surface area contributed by atoms with Crippen molar-refractivity contribution in [2.45, 2.75) is 0 Å². The van der Waals surface area contributed by atoms with Gasteiger partial charge in [0, 0.05) is 17.1 Å². The second kappa shape index (κ2) is 14.6. The number of anilines is 3. The summed E-state index contributed by atoms with van der Waals surface area (Å²) in [5, 5.41) is 10.0. The van der Waals surface area contributed by atoms with Gasteiger partial charge < -0.3 is 4.90 Å². The molecule has 1 heteroatoms. The minimum Gasteiger partial charge on any atom is -0.311 e. The van der Waals surface area contributed by atoms with Gasteiger partial charge >= 0.3 is 0 Å². The zero-order valence-corrected chi connectivity index (χ0v) is 32.5. The van der Waals surface area contributed by atoms with Gasteiger partial charge in [-0.1, -0.05) is 182 Å². The van der Waals surface area contributed by atoms with E-state index in [1.807, 2.05) is 0 Å². The van der Waals surface area contributed by atoms with Crippen LogP contribution in [0.1, 0.15) is 0 Å². The zero-order chi connectivity index (χ0) is 39.1. The van der Waals surface area contributed by atoms with Crippen LogP contribution in [-0.2, 0) is 0 Å². The molecule has 276 valence electrons. The number of fused-ring (bicyclic) bond motifs is 7. The Morgan fingerprint density at radius 2 is 0.712 bits per heavy atom. The Hall–Kier alpha value is -7.74. The third-order valence-corrected chi connectivity index (χ3v) is 11.8. The van der Waals surface area contributed by atoms with Crippen LogP contribution in [0.4, 0.5) is 17.1 Å². The molecule has 0 saturated heterocycles. The topological polar surface area (TPSA) is 3.24 Å². The van der Waals surface area contributed by atoms with Gasteiger partial charge in [-0.2, -0.15) is 0 Å².